The number of hydrogen-bond acceptors (Lipinski definition) is 3. The first-order chi connectivity index (χ1) is 9.40. The Morgan fingerprint density at radius 2 is 2.00 bits per heavy atom. The fourth-order valence-corrected chi connectivity index (χ4v) is 1.90. The lowest BCUT2D eigenvalue weighted by Crippen LogP contribution is -2.32. The number of carbonyl (C=O) groups is 2. The van der Waals surface area contributed by atoms with Crippen LogP contribution in [0.15, 0.2) is 18.3 Å². The minimum atomic E-state index is -1.13. The van der Waals surface area contributed by atoms with Crippen LogP contribution in [0.25, 0.3) is 0 Å². The zero-order chi connectivity index (χ0) is 15.1. The lowest BCUT2D eigenvalue weighted by Gasteiger charge is -2.14. The number of nitrogens with zero attached hydrogens (tertiary/aromatic N) is 1. The molecule has 2 N–H and O–H groups in total. The van der Waals surface area contributed by atoms with Crippen LogP contribution in [0.2, 0.25) is 0 Å². The maximum Gasteiger partial charge on any atom is 0.354 e. The van der Waals surface area contributed by atoms with E-state index in [4.69, 9.17) is 5.11 Å². The molecule has 0 spiro atoms. The van der Waals surface area contributed by atoms with Gasteiger partial charge in [0.15, 0.2) is 0 Å². The molecule has 1 heterocycles. The number of amides is 1. The quantitative estimate of drug-likeness (QED) is 0.803. The number of pyridine rings is 1. The van der Waals surface area contributed by atoms with Gasteiger partial charge in [-0.25, -0.2) is 9.78 Å². The fraction of sp³-hybridized carbons (Fsp3) is 0.533. The average Bonchev–Trinajstić information content (AvgIpc) is 2.38. The second kappa shape index (κ2) is 7.62. The van der Waals surface area contributed by atoms with Gasteiger partial charge in [0.1, 0.15) is 5.69 Å². The van der Waals surface area contributed by atoms with Gasteiger partial charge in [-0.1, -0.05) is 26.7 Å². The van der Waals surface area contributed by atoms with Crippen LogP contribution in [-0.4, -0.2) is 28.0 Å². The number of aromatic carboxylic acids is 1. The Morgan fingerprint density at radius 1 is 1.30 bits per heavy atom. The number of carbonyl (C=O) groups excluding carboxylic acids is 1. The lowest BCUT2D eigenvalue weighted by molar-refractivity contribution is 0.0690. The van der Waals surface area contributed by atoms with Crippen molar-refractivity contribution in [2.45, 2.75) is 46.1 Å². The van der Waals surface area contributed by atoms with Gasteiger partial charge in [-0.15, -0.1) is 0 Å². The Hall–Kier alpha value is -1.91. The van der Waals surface area contributed by atoms with Crippen molar-refractivity contribution in [3.8, 4) is 0 Å². The van der Waals surface area contributed by atoms with Gasteiger partial charge in [0.2, 0.25) is 0 Å². The summed E-state index contributed by atoms with van der Waals surface area (Å²) >= 11 is 0. The van der Waals surface area contributed by atoms with Gasteiger partial charge >= 0.3 is 5.97 Å². The summed E-state index contributed by atoms with van der Waals surface area (Å²) in [5.41, 5.74) is 0.207. The highest BCUT2D eigenvalue weighted by atomic mass is 16.4. The molecule has 0 saturated heterocycles. The average molecular weight is 278 g/mol. The molecule has 0 bridgehead atoms. The molecule has 1 amide bonds. The van der Waals surface area contributed by atoms with Crippen LogP contribution in [0.1, 0.15) is 60.9 Å². The van der Waals surface area contributed by atoms with Gasteiger partial charge in [-0.05, 0) is 31.4 Å². The van der Waals surface area contributed by atoms with Crippen LogP contribution in [0.3, 0.4) is 0 Å². The summed E-state index contributed by atoms with van der Waals surface area (Å²) in [6, 6.07) is 2.88. The third-order valence-corrected chi connectivity index (χ3v) is 3.04. The van der Waals surface area contributed by atoms with Crippen molar-refractivity contribution in [2.75, 3.05) is 0 Å². The molecule has 110 valence electrons. The molecular formula is C15H22N2O3. The van der Waals surface area contributed by atoms with Crippen molar-refractivity contribution in [2.24, 2.45) is 5.92 Å². The van der Waals surface area contributed by atoms with Gasteiger partial charge in [-0.2, -0.15) is 0 Å². The predicted octanol–water partition coefficient (Wildman–Crippen LogP) is 2.72. The Morgan fingerprint density at radius 3 is 2.60 bits per heavy atom. The van der Waals surface area contributed by atoms with E-state index >= 15 is 0 Å². The summed E-state index contributed by atoms with van der Waals surface area (Å²) in [4.78, 5) is 26.5. The number of nitrogens with one attached hydrogen (secondary N) is 1. The summed E-state index contributed by atoms with van der Waals surface area (Å²) in [6.07, 6.45) is 4.46. The van der Waals surface area contributed by atoms with Crippen LogP contribution in [0.4, 0.5) is 0 Å². The summed E-state index contributed by atoms with van der Waals surface area (Å²) in [5, 5.41) is 11.7. The minimum Gasteiger partial charge on any atom is -0.477 e. The van der Waals surface area contributed by atoms with Crippen molar-refractivity contribution < 1.29 is 14.7 Å². The first-order valence-electron chi connectivity index (χ1n) is 6.90. The zero-order valence-electron chi connectivity index (χ0n) is 12.2. The summed E-state index contributed by atoms with van der Waals surface area (Å²) in [7, 11) is 0. The standard InChI is InChI=1S/C15H22N2O3/c1-10(2)5-4-6-11(3)17-14(18)12-7-8-16-13(9-12)15(19)20/h7-11H,4-6H2,1-3H3,(H,17,18)(H,19,20). The molecule has 1 rings (SSSR count). The highest BCUT2D eigenvalue weighted by Crippen LogP contribution is 2.09. The largest absolute Gasteiger partial charge is 0.477 e. The first kappa shape index (κ1) is 16.1. The van der Waals surface area contributed by atoms with Gasteiger partial charge in [0, 0.05) is 17.8 Å². The molecule has 1 aromatic heterocycles. The SMILES string of the molecule is CC(C)CCCC(C)NC(=O)c1ccnc(C(=O)O)c1. The van der Waals surface area contributed by atoms with Crippen molar-refractivity contribution in [3.63, 3.8) is 0 Å². The van der Waals surface area contributed by atoms with Crippen LogP contribution in [0.5, 0.6) is 0 Å². The summed E-state index contributed by atoms with van der Waals surface area (Å²) in [5.74, 6) is -0.729. The van der Waals surface area contributed by atoms with E-state index in [1.165, 1.54) is 18.3 Å². The van der Waals surface area contributed by atoms with Crippen LogP contribution < -0.4 is 5.32 Å². The first-order valence-corrected chi connectivity index (χ1v) is 6.90. The number of carboxylic acid groups (broad SMARTS) is 1. The van der Waals surface area contributed by atoms with Crippen LogP contribution >= 0.6 is 0 Å². The second-order valence-electron chi connectivity index (χ2n) is 5.43. The number of carboxylic acids is 1. The molecule has 1 atom stereocenters. The predicted molar refractivity (Wildman–Crippen MR) is 76.8 cm³/mol. The molecule has 5 heteroatoms. The lowest BCUT2D eigenvalue weighted by atomic mass is 10.0. The molecule has 0 aliphatic rings. The van der Waals surface area contributed by atoms with E-state index in [1.54, 1.807) is 0 Å². The van der Waals surface area contributed by atoms with Crippen molar-refractivity contribution in [3.05, 3.63) is 29.6 Å². The van der Waals surface area contributed by atoms with Crippen molar-refractivity contribution in [1.82, 2.24) is 10.3 Å². The molecule has 0 aliphatic carbocycles. The zero-order valence-corrected chi connectivity index (χ0v) is 12.2. The second-order valence-corrected chi connectivity index (χ2v) is 5.43. The smallest absolute Gasteiger partial charge is 0.354 e. The van der Waals surface area contributed by atoms with E-state index < -0.39 is 5.97 Å². The highest BCUT2D eigenvalue weighted by molar-refractivity contribution is 5.96. The van der Waals surface area contributed by atoms with Gasteiger partial charge in [0.05, 0.1) is 0 Å². The fourth-order valence-electron chi connectivity index (χ4n) is 1.90. The van der Waals surface area contributed by atoms with E-state index in [0.29, 0.717) is 11.5 Å². The van der Waals surface area contributed by atoms with Crippen LogP contribution in [0, 0.1) is 5.92 Å². The molecule has 20 heavy (non-hydrogen) atoms. The van der Waals surface area contributed by atoms with Crippen molar-refractivity contribution in [1.29, 1.82) is 0 Å². The van der Waals surface area contributed by atoms with Gasteiger partial charge in [-0.3, -0.25) is 4.79 Å². The monoisotopic (exact) mass is 278 g/mol. The normalized spacial score (nSPS) is 12.2. The third kappa shape index (κ3) is 5.38. The van der Waals surface area contributed by atoms with Crippen LogP contribution in [-0.2, 0) is 0 Å². The Kier molecular flexibility index (Phi) is 6.15. The van der Waals surface area contributed by atoms with Crippen molar-refractivity contribution >= 4 is 11.9 Å². The van der Waals surface area contributed by atoms with E-state index in [1.807, 2.05) is 6.92 Å². The van der Waals surface area contributed by atoms with Gasteiger partial charge in [0.25, 0.3) is 5.91 Å². The van der Waals surface area contributed by atoms with E-state index in [9.17, 15) is 9.59 Å². The summed E-state index contributed by atoms with van der Waals surface area (Å²) in [6.45, 7) is 6.30. The number of aromatic nitrogens is 1. The third-order valence-electron chi connectivity index (χ3n) is 3.04. The molecule has 1 unspecified atom stereocenters. The van der Waals surface area contributed by atoms with E-state index in [-0.39, 0.29) is 17.6 Å². The summed E-state index contributed by atoms with van der Waals surface area (Å²) < 4.78 is 0. The molecular weight excluding hydrogens is 256 g/mol. The molecule has 0 aromatic carbocycles. The number of rotatable bonds is 7. The Balaban J connectivity index is 2.53. The molecule has 0 aliphatic heterocycles. The maximum atomic E-state index is 12.0. The molecule has 0 fully saturated rings. The molecule has 0 saturated carbocycles. The Bertz CT molecular complexity index is 472. The molecule has 0 radical (unpaired) electrons. The topological polar surface area (TPSA) is 79.3 Å². The highest BCUT2D eigenvalue weighted by Gasteiger charge is 2.12. The molecule has 5 nitrogen and oxygen atoms in total. The Labute approximate surface area is 119 Å². The van der Waals surface area contributed by atoms with E-state index in [2.05, 4.69) is 24.1 Å². The maximum absolute atomic E-state index is 12.0. The molecule has 1 aromatic rings. The minimum absolute atomic E-state index is 0.0719. The number of hydrogen-bond donors (Lipinski definition) is 2. The van der Waals surface area contributed by atoms with Gasteiger partial charge < -0.3 is 10.4 Å². The van der Waals surface area contributed by atoms with E-state index in [0.717, 1.165) is 19.3 Å².